The smallest absolute Gasteiger partial charge is 0.252 e. The zero-order valence-electron chi connectivity index (χ0n) is 50.3. The van der Waals surface area contributed by atoms with Crippen molar-refractivity contribution in [1.82, 2.24) is 0 Å². The molecule has 9 aromatic carbocycles. The van der Waals surface area contributed by atoms with Crippen LogP contribution < -0.4 is 31.1 Å². The molecule has 4 aliphatic rings. The van der Waals surface area contributed by atoms with Gasteiger partial charge >= 0.3 is 0 Å². The Bertz CT molecular complexity index is 3900. The van der Waals surface area contributed by atoms with Gasteiger partial charge in [0.05, 0.1) is 5.54 Å². The summed E-state index contributed by atoms with van der Waals surface area (Å²) in [6.45, 7) is 30.9. The lowest BCUT2D eigenvalue weighted by Crippen LogP contribution is -2.61. The van der Waals surface area contributed by atoms with Gasteiger partial charge in [0.2, 0.25) is 0 Å². The van der Waals surface area contributed by atoms with E-state index in [2.05, 4.69) is 305 Å². The summed E-state index contributed by atoms with van der Waals surface area (Å²) in [5.41, 5.74) is 26.2. The second kappa shape index (κ2) is 18.7. The number of benzene rings is 9. The average Bonchev–Trinajstić information content (AvgIpc) is 3.88. The van der Waals surface area contributed by atoms with Crippen LogP contribution in [0.4, 0.5) is 45.5 Å². The first-order valence-electron chi connectivity index (χ1n) is 30.0. The molecule has 9 aromatic rings. The van der Waals surface area contributed by atoms with Crippen molar-refractivity contribution in [2.45, 2.75) is 148 Å². The number of anilines is 8. The van der Waals surface area contributed by atoms with Gasteiger partial charge in [-0.1, -0.05) is 242 Å². The summed E-state index contributed by atoms with van der Waals surface area (Å²) in [5.74, 6) is 0. The maximum absolute atomic E-state index is 2.86. The van der Waals surface area contributed by atoms with Gasteiger partial charge in [-0.05, 0) is 168 Å². The van der Waals surface area contributed by atoms with Crippen LogP contribution in [0.15, 0.2) is 200 Å². The Kier molecular flexibility index (Phi) is 12.2. The first kappa shape index (κ1) is 52.8. The fourth-order valence-electron chi connectivity index (χ4n) is 14.7. The molecule has 2 unspecified atom stereocenters. The second-order valence-electron chi connectivity index (χ2n) is 28.4. The molecule has 3 nitrogen and oxygen atoms in total. The summed E-state index contributed by atoms with van der Waals surface area (Å²) < 4.78 is 0. The Labute approximate surface area is 484 Å². The predicted octanol–water partition coefficient (Wildman–Crippen LogP) is 19.1. The number of nitrogens with zero attached hydrogens (tertiary/aromatic N) is 3. The summed E-state index contributed by atoms with van der Waals surface area (Å²) in [7, 11) is 0. The van der Waals surface area contributed by atoms with Crippen molar-refractivity contribution in [2.75, 3.05) is 14.7 Å². The Hall–Kier alpha value is -7.56. The normalized spacial score (nSPS) is 18.5. The molecule has 0 saturated heterocycles. The fraction of sp³-hybridized carbons (Fsp3) is 0.299. The molecule has 3 aliphatic heterocycles. The monoisotopic (exact) mass is 1060 g/mol. The van der Waals surface area contributed by atoms with Crippen LogP contribution in [0.5, 0.6) is 0 Å². The van der Waals surface area contributed by atoms with Crippen molar-refractivity contribution < 1.29 is 0 Å². The van der Waals surface area contributed by atoms with E-state index >= 15 is 0 Å². The highest BCUT2D eigenvalue weighted by Crippen LogP contribution is 2.65. The van der Waals surface area contributed by atoms with Gasteiger partial charge in [-0.15, -0.1) is 0 Å². The average molecular weight is 1060 g/mol. The molecule has 13 rings (SSSR count). The highest BCUT2D eigenvalue weighted by molar-refractivity contribution is 7.00. The molecule has 0 bridgehead atoms. The molecule has 1 aliphatic carbocycles. The van der Waals surface area contributed by atoms with Crippen molar-refractivity contribution >= 4 is 68.6 Å². The van der Waals surface area contributed by atoms with Crippen LogP contribution in [0.2, 0.25) is 0 Å². The summed E-state index contributed by atoms with van der Waals surface area (Å²) in [5, 5.41) is 0. The zero-order valence-corrected chi connectivity index (χ0v) is 50.3. The van der Waals surface area contributed by atoms with E-state index in [-0.39, 0.29) is 39.3 Å². The van der Waals surface area contributed by atoms with E-state index in [1.165, 1.54) is 118 Å². The van der Waals surface area contributed by atoms with Crippen molar-refractivity contribution in [1.29, 1.82) is 0 Å². The molecule has 1 fully saturated rings. The molecule has 4 heteroatoms. The zero-order chi connectivity index (χ0) is 56.6. The minimum atomic E-state index is -0.318. The van der Waals surface area contributed by atoms with Crippen LogP contribution in [0.25, 0.3) is 22.3 Å². The number of hydrogen-bond acceptors (Lipinski definition) is 3. The Morgan fingerprint density at radius 1 is 0.358 bits per heavy atom. The van der Waals surface area contributed by atoms with Crippen LogP contribution in [-0.2, 0) is 27.1 Å². The molecule has 1 saturated carbocycles. The topological polar surface area (TPSA) is 9.72 Å². The Balaban J connectivity index is 1.16. The minimum absolute atomic E-state index is 0.0298. The van der Waals surface area contributed by atoms with Gasteiger partial charge < -0.3 is 14.7 Å². The largest absolute Gasteiger partial charge is 0.334 e. The molecule has 0 N–H and O–H groups in total. The van der Waals surface area contributed by atoms with E-state index in [9.17, 15) is 0 Å². The van der Waals surface area contributed by atoms with E-state index in [4.69, 9.17) is 0 Å². The van der Waals surface area contributed by atoms with Gasteiger partial charge in [-0.25, -0.2) is 0 Å². The maximum atomic E-state index is 2.86. The molecule has 81 heavy (non-hydrogen) atoms. The lowest BCUT2D eigenvalue weighted by Gasteiger charge is -2.53. The molecule has 2 atom stereocenters. The lowest BCUT2D eigenvalue weighted by molar-refractivity contribution is 0.215. The maximum Gasteiger partial charge on any atom is 0.252 e. The van der Waals surface area contributed by atoms with Crippen LogP contribution >= 0.6 is 0 Å². The highest BCUT2D eigenvalue weighted by Gasteiger charge is 2.62. The molecule has 0 aromatic heterocycles. The van der Waals surface area contributed by atoms with Crippen molar-refractivity contribution in [3.05, 3.63) is 234 Å². The van der Waals surface area contributed by atoms with Crippen molar-refractivity contribution in [3.63, 3.8) is 0 Å². The van der Waals surface area contributed by atoms with Gasteiger partial charge in [-0.2, -0.15) is 0 Å². The first-order valence-corrected chi connectivity index (χ1v) is 30.0. The second-order valence-corrected chi connectivity index (χ2v) is 28.4. The van der Waals surface area contributed by atoms with E-state index in [1.54, 1.807) is 0 Å². The van der Waals surface area contributed by atoms with Gasteiger partial charge in [0.15, 0.2) is 0 Å². The van der Waals surface area contributed by atoms with Crippen LogP contribution in [0.3, 0.4) is 0 Å². The summed E-state index contributed by atoms with van der Waals surface area (Å²) in [6, 6.07) is 78.1. The summed E-state index contributed by atoms with van der Waals surface area (Å²) in [6.07, 6.45) is 4.48. The van der Waals surface area contributed by atoms with Gasteiger partial charge in [0.25, 0.3) is 6.71 Å². The van der Waals surface area contributed by atoms with E-state index in [0.29, 0.717) is 0 Å². The molecular formula is C77H80BN3. The quantitative estimate of drug-likeness (QED) is 0.154. The van der Waals surface area contributed by atoms with Crippen LogP contribution in [0, 0.1) is 0 Å². The summed E-state index contributed by atoms with van der Waals surface area (Å²) in [4.78, 5) is 8.17. The Morgan fingerprint density at radius 2 is 0.840 bits per heavy atom. The van der Waals surface area contributed by atoms with Gasteiger partial charge in [0.1, 0.15) is 0 Å². The molecular weight excluding hydrogens is 978 g/mol. The van der Waals surface area contributed by atoms with Gasteiger partial charge in [-0.3, -0.25) is 0 Å². The number of rotatable bonds is 6. The van der Waals surface area contributed by atoms with Crippen LogP contribution in [-0.4, -0.2) is 12.3 Å². The molecule has 0 spiro atoms. The standard InChI is InChI=1S/C77H80BN3/c1-72(2,3)55-33-35-56(36-34-55)77-43-21-20-42-76(77,13)81(66-41-38-58(47-63(66)77)74(7,8)9)62-49-69-71-70(50-62)80(61-31-23-29-57(46-61)73(4,5)6)68-48-59(75(10,11)12)37-40-65(68)78(71)64-39-32-54(52-26-18-15-19-27-52)45-67(64)79(69)60-30-22-28-53(44-60)51-24-16-14-17-25-51/h14-19,22-41,44-50H,20-21,42-43H2,1-13H3. The van der Waals surface area contributed by atoms with Gasteiger partial charge in [0, 0.05) is 50.9 Å². The van der Waals surface area contributed by atoms with Crippen molar-refractivity contribution in [2.24, 2.45) is 0 Å². The number of hydrogen-bond donors (Lipinski definition) is 0. The third-order valence-corrected chi connectivity index (χ3v) is 19.2. The minimum Gasteiger partial charge on any atom is -0.334 e. The molecule has 3 heterocycles. The van der Waals surface area contributed by atoms with Crippen LogP contribution in [0.1, 0.15) is 149 Å². The van der Waals surface area contributed by atoms with Crippen molar-refractivity contribution in [3.8, 4) is 22.3 Å². The Morgan fingerprint density at radius 3 is 1.44 bits per heavy atom. The SMILES string of the molecule is CC(C)(C)c1ccc(C23CCCCC2(C)N(c2cc4c5c(c2)N(c2cccc(C(C)(C)C)c2)c2cc(C(C)(C)C)ccc2B5c2ccc(-c5ccccc5)cc2N4c2cccc(-c4ccccc4)c2)c2ccc(C(C)(C)C)cc23)cc1. The molecule has 0 amide bonds. The third kappa shape index (κ3) is 8.52. The third-order valence-electron chi connectivity index (χ3n) is 19.2. The van der Waals surface area contributed by atoms with E-state index in [1.807, 2.05) is 0 Å². The highest BCUT2D eigenvalue weighted by atomic mass is 15.3. The number of fused-ring (bicyclic) bond motifs is 7. The van der Waals surface area contributed by atoms with E-state index < -0.39 is 0 Å². The lowest BCUT2D eigenvalue weighted by atomic mass is 9.33. The molecule has 0 radical (unpaired) electrons. The van der Waals surface area contributed by atoms with E-state index in [0.717, 1.165) is 24.9 Å². The first-order chi connectivity index (χ1) is 38.5. The fourth-order valence-corrected chi connectivity index (χ4v) is 14.7. The summed E-state index contributed by atoms with van der Waals surface area (Å²) >= 11 is 0. The predicted molar refractivity (Wildman–Crippen MR) is 349 cm³/mol. The molecule has 406 valence electrons.